The molecule has 1 aliphatic heterocycles. The third-order valence-corrected chi connectivity index (χ3v) is 6.78. The van der Waals surface area contributed by atoms with Crippen LogP contribution in [0.2, 0.25) is 5.02 Å². The molecule has 2 heterocycles. The van der Waals surface area contributed by atoms with Gasteiger partial charge in [0.15, 0.2) is 0 Å². The summed E-state index contributed by atoms with van der Waals surface area (Å²) in [6, 6.07) is 6.46. The summed E-state index contributed by atoms with van der Waals surface area (Å²) in [4.78, 5) is 18.3. The number of carbonyl (C=O) groups is 1. The molecule has 2 aromatic rings. The second-order valence-electron chi connectivity index (χ2n) is 6.42. The van der Waals surface area contributed by atoms with Crippen LogP contribution in [0.1, 0.15) is 6.92 Å². The van der Waals surface area contributed by atoms with E-state index >= 15 is 0 Å². The van der Waals surface area contributed by atoms with Crippen LogP contribution in [0.15, 0.2) is 47.6 Å². The zero-order valence-corrected chi connectivity index (χ0v) is 16.8. The van der Waals surface area contributed by atoms with Crippen molar-refractivity contribution in [3.8, 4) is 0 Å². The number of piperazine rings is 1. The van der Waals surface area contributed by atoms with Crippen molar-refractivity contribution in [3.63, 3.8) is 0 Å². The first kappa shape index (κ1) is 20.7. The molecule has 0 bridgehead atoms. The van der Waals surface area contributed by atoms with Gasteiger partial charge < -0.3 is 5.32 Å². The van der Waals surface area contributed by atoms with Crippen molar-refractivity contribution in [1.82, 2.24) is 14.2 Å². The van der Waals surface area contributed by atoms with Gasteiger partial charge in [0.2, 0.25) is 15.9 Å². The Labute approximate surface area is 168 Å². The zero-order chi connectivity index (χ0) is 20.3. The van der Waals surface area contributed by atoms with Crippen molar-refractivity contribution in [1.29, 1.82) is 0 Å². The van der Waals surface area contributed by atoms with Crippen LogP contribution in [0.25, 0.3) is 0 Å². The average molecular weight is 427 g/mol. The van der Waals surface area contributed by atoms with E-state index in [9.17, 15) is 17.6 Å². The predicted molar refractivity (Wildman–Crippen MR) is 104 cm³/mol. The summed E-state index contributed by atoms with van der Waals surface area (Å²) < 4.78 is 40.5. The van der Waals surface area contributed by atoms with Crippen molar-refractivity contribution in [2.24, 2.45) is 0 Å². The van der Waals surface area contributed by atoms with Crippen LogP contribution < -0.4 is 5.32 Å². The van der Waals surface area contributed by atoms with Crippen LogP contribution in [0.4, 0.5) is 10.1 Å². The lowest BCUT2D eigenvalue weighted by Crippen LogP contribution is -2.53. The minimum atomic E-state index is -3.61. The molecule has 0 aliphatic carbocycles. The van der Waals surface area contributed by atoms with Gasteiger partial charge in [-0.25, -0.2) is 12.8 Å². The highest BCUT2D eigenvalue weighted by Gasteiger charge is 2.32. The van der Waals surface area contributed by atoms with Gasteiger partial charge in [0.25, 0.3) is 0 Å². The van der Waals surface area contributed by atoms with Gasteiger partial charge in [-0.05, 0) is 37.3 Å². The van der Waals surface area contributed by atoms with E-state index in [1.807, 2.05) is 4.90 Å². The van der Waals surface area contributed by atoms with E-state index in [1.165, 1.54) is 41.0 Å². The van der Waals surface area contributed by atoms with Crippen LogP contribution in [0, 0.1) is 5.82 Å². The summed E-state index contributed by atoms with van der Waals surface area (Å²) in [7, 11) is -3.61. The first-order valence-corrected chi connectivity index (χ1v) is 10.5. The smallest absolute Gasteiger partial charge is 0.244 e. The number of anilines is 1. The third-order valence-electron chi connectivity index (χ3n) is 4.66. The molecule has 1 N–H and O–H groups in total. The maximum Gasteiger partial charge on any atom is 0.244 e. The summed E-state index contributed by atoms with van der Waals surface area (Å²) in [5, 5.41) is 2.85. The second-order valence-corrected chi connectivity index (χ2v) is 8.79. The fourth-order valence-corrected chi connectivity index (χ4v) is 4.54. The Morgan fingerprint density at radius 3 is 2.61 bits per heavy atom. The van der Waals surface area contributed by atoms with E-state index in [-0.39, 0.29) is 29.6 Å². The van der Waals surface area contributed by atoms with Crippen molar-refractivity contribution in [2.75, 3.05) is 31.5 Å². The SMILES string of the molecule is CC(C(=O)Nc1cc(Cl)ccc1F)N1CCN(S(=O)(=O)c2cccnc2)CC1. The molecule has 1 amide bonds. The van der Waals surface area contributed by atoms with E-state index < -0.39 is 21.9 Å². The molecule has 1 aromatic carbocycles. The number of benzene rings is 1. The fourth-order valence-electron chi connectivity index (χ4n) is 2.98. The standard InChI is InChI=1S/C18H20ClFN4O3S/c1-13(18(25)22-17-11-14(19)4-5-16(17)20)23-7-9-24(10-8-23)28(26,27)15-3-2-6-21-12-15/h2-6,11-13H,7-10H2,1H3,(H,22,25). The van der Waals surface area contributed by atoms with Gasteiger partial charge in [0, 0.05) is 43.6 Å². The summed E-state index contributed by atoms with van der Waals surface area (Å²) in [5.74, 6) is -0.956. The number of nitrogens with zero attached hydrogens (tertiary/aromatic N) is 3. The molecular formula is C18H20ClFN4O3S. The minimum absolute atomic E-state index is 0.0159. The van der Waals surface area contributed by atoms with Crippen LogP contribution in [-0.2, 0) is 14.8 Å². The van der Waals surface area contributed by atoms with Crippen molar-refractivity contribution < 1.29 is 17.6 Å². The van der Waals surface area contributed by atoms with Crippen molar-refractivity contribution >= 4 is 33.2 Å². The molecule has 1 fully saturated rings. The maximum atomic E-state index is 13.8. The Bertz CT molecular complexity index is 951. The molecular weight excluding hydrogens is 407 g/mol. The molecule has 28 heavy (non-hydrogen) atoms. The molecule has 0 radical (unpaired) electrons. The number of carbonyl (C=O) groups excluding carboxylic acids is 1. The number of halogens is 2. The molecule has 0 spiro atoms. The van der Waals surface area contributed by atoms with E-state index in [1.54, 1.807) is 13.0 Å². The lowest BCUT2D eigenvalue weighted by Gasteiger charge is -2.36. The Kier molecular flexibility index (Phi) is 6.29. The predicted octanol–water partition coefficient (Wildman–Crippen LogP) is 2.21. The first-order chi connectivity index (χ1) is 13.3. The Morgan fingerprint density at radius 1 is 1.25 bits per heavy atom. The molecule has 150 valence electrons. The Balaban J connectivity index is 1.61. The number of aromatic nitrogens is 1. The molecule has 7 nitrogen and oxygen atoms in total. The molecule has 0 saturated carbocycles. The number of hydrogen-bond donors (Lipinski definition) is 1. The van der Waals surface area contributed by atoms with E-state index in [0.717, 1.165) is 0 Å². The third kappa shape index (κ3) is 4.49. The van der Waals surface area contributed by atoms with Crippen LogP contribution in [0.5, 0.6) is 0 Å². The highest BCUT2D eigenvalue weighted by Crippen LogP contribution is 2.21. The van der Waals surface area contributed by atoms with Gasteiger partial charge in [-0.3, -0.25) is 14.7 Å². The zero-order valence-electron chi connectivity index (χ0n) is 15.2. The number of nitrogens with one attached hydrogen (secondary N) is 1. The molecule has 1 aromatic heterocycles. The number of sulfonamides is 1. The molecule has 10 heteroatoms. The van der Waals surface area contributed by atoms with Crippen LogP contribution in [-0.4, -0.2) is 60.7 Å². The number of pyridine rings is 1. The second kappa shape index (κ2) is 8.52. The summed E-state index contributed by atoms with van der Waals surface area (Å²) in [6.45, 7) is 2.96. The highest BCUT2D eigenvalue weighted by molar-refractivity contribution is 7.89. The maximum absolute atomic E-state index is 13.8. The van der Waals surface area contributed by atoms with Gasteiger partial charge in [0.05, 0.1) is 11.7 Å². The molecule has 1 aliphatic rings. The minimum Gasteiger partial charge on any atom is -0.322 e. The molecule has 1 unspecified atom stereocenters. The number of amides is 1. The van der Waals surface area contributed by atoms with Gasteiger partial charge in [0.1, 0.15) is 10.7 Å². The van der Waals surface area contributed by atoms with Crippen LogP contribution in [0.3, 0.4) is 0 Å². The summed E-state index contributed by atoms with van der Waals surface area (Å²) in [5.41, 5.74) is 0.0159. The van der Waals surface area contributed by atoms with E-state index in [0.29, 0.717) is 18.1 Å². The van der Waals surface area contributed by atoms with E-state index in [4.69, 9.17) is 11.6 Å². The lowest BCUT2D eigenvalue weighted by atomic mass is 10.2. The number of hydrogen-bond acceptors (Lipinski definition) is 5. The summed E-state index contributed by atoms with van der Waals surface area (Å²) in [6.07, 6.45) is 2.83. The van der Waals surface area contributed by atoms with Crippen LogP contribution >= 0.6 is 11.6 Å². The van der Waals surface area contributed by atoms with Gasteiger partial charge in [-0.15, -0.1) is 0 Å². The average Bonchev–Trinajstić information content (AvgIpc) is 2.71. The lowest BCUT2D eigenvalue weighted by molar-refractivity contribution is -0.121. The fraction of sp³-hybridized carbons (Fsp3) is 0.333. The van der Waals surface area contributed by atoms with Gasteiger partial charge >= 0.3 is 0 Å². The van der Waals surface area contributed by atoms with Gasteiger partial charge in [-0.2, -0.15) is 4.31 Å². The first-order valence-electron chi connectivity index (χ1n) is 8.69. The van der Waals surface area contributed by atoms with E-state index in [2.05, 4.69) is 10.3 Å². The molecule has 3 rings (SSSR count). The largest absolute Gasteiger partial charge is 0.322 e. The monoisotopic (exact) mass is 426 g/mol. The van der Waals surface area contributed by atoms with Crippen molar-refractivity contribution in [2.45, 2.75) is 17.9 Å². The Hall–Kier alpha value is -2.07. The number of rotatable bonds is 5. The summed E-state index contributed by atoms with van der Waals surface area (Å²) >= 11 is 5.84. The molecule has 1 atom stereocenters. The Morgan fingerprint density at radius 2 is 1.96 bits per heavy atom. The quantitative estimate of drug-likeness (QED) is 0.792. The van der Waals surface area contributed by atoms with Crippen molar-refractivity contribution in [3.05, 3.63) is 53.6 Å². The topological polar surface area (TPSA) is 82.6 Å². The normalized spacial score (nSPS) is 17.2. The van der Waals surface area contributed by atoms with Gasteiger partial charge in [-0.1, -0.05) is 11.6 Å². The highest BCUT2D eigenvalue weighted by atomic mass is 35.5. The molecule has 1 saturated heterocycles.